The van der Waals surface area contributed by atoms with Crippen LogP contribution in [0.2, 0.25) is 0 Å². The smallest absolute Gasteiger partial charge is 0.248 e. The molecule has 15 heavy (non-hydrogen) atoms. The highest BCUT2D eigenvalue weighted by Gasteiger charge is 2.15. The van der Waals surface area contributed by atoms with E-state index in [-0.39, 0.29) is 0 Å². The summed E-state index contributed by atoms with van der Waals surface area (Å²) in [4.78, 5) is 8.39. The quantitative estimate of drug-likeness (QED) is 0.770. The molecule has 0 saturated carbocycles. The monoisotopic (exact) mass is 206 g/mol. The minimum absolute atomic E-state index is 0.383. The van der Waals surface area contributed by atoms with Crippen LogP contribution in [0.3, 0.4) is 0 Å². The van der Waals surface area contributed by atoms with Crippen molar-refractivity contribution in [1.82, 2.24) is 9.97 Å². The molecule has 4 heteroatoms. The summed E-state index contributed by atoms with van der Waals surface area (Å²) in [7, 11) is 0. The molecule has 2 rings (SSSR count). The van der Waals surface area contributed by atoms with Crippen molar-refractivity contribution < 1.29 is 8.83 Å². The van der Waals surface area contributed by atoms with E-state index in [4.69, 9.17) is 8.83 Å². The fourth-order valence-corrected chi connectivity index (χ4v) is 1.56. The third-order valence-corrected chi connectivity index (χ3v) is 2.51. The SMILES string of the molecule is CCC(CC)c1nc(-c2ncco2)co1. The molecule has 0 aliphatic rings. The maximum Gasteiger partial charge on any atom is 0.248 e. The van der Waals surface area contributed by atoms with Gasteiger partial charge in [0.05, 0.1) is 6.20 Å². The molecule has 2 aromatic heterocycles. The van der Waals surface area contributed by atoms with Crippen molar-refractivity contribution in [2.24, 2.45) is 0 Å². The molecule has 0 saturated heterocycles. The molecule has 4 nitrogen and oxygen atoms in total. The number of oxazole rings is 2. The van der Waals surface area contributed by atoms with Gasteiger partial charge in [0.15, 0.2) is 11.6 Å². The molecule has 0 aliphatic carbocycles. The van der Waals surface area contributed by atoms with E-state index in [9.17, 15) is 0 Å². The third-order valence-electron chi connectivity index (χ3n) is 2.51. The lowest BCUT2D eigenvalue weighted by molar-refractivity contribution is 0.431. The lowest BCUT2D eigenvalue weighted by Crippen LogP contribution is -1.95. The summed E-state index contributed by atoms with van der Waals surface area (Å²) in [6, 6.07) is 0. The molecule has 0 radical (unpaired) electrons. The van der Waals surface area contributed by atoms with Crippen LogP contribution < -0.4 is 0 Å². The lowest BCUT2D eigenvalue weighted by atomic mass is 10.0. The van der Waals surface area contributed by atoms with Gasteiger partial charge in [-0.1, -0.05) is 13.8 Å². The fraction of sp³-hybridized carbons (Fsp3) is 0.455. The molecule has 0 aliphatic heterocycles. The van der Waals surface area contributed by atoms with Crippen LogP contribution in [-0.4, -0.2) is 9.97 Å². The Morgan fingerprint density at radius 3 is 2.67 bits per heavy atom. The molecule has 0 unspecified atom stereocenters. The molecule has 0 atom stereocenters. The summed E-state index contributed by atoms with van der Waals surface area (Å²) in [5.41, 5.74) is 0.668. The first-order chi connectivity index (χ1) is 7.35. The zero-order valence-corrected chi connectivity index (χ0v) is 8.93. The van der Waals surface area contributed by atoms with E-state index in [1.807, 2.05) is 0 Å². The van der Waals surface area contributed by atoms with Gasteiger partial charge in [-0.05, 0) is 12.8 Å². The highest BCUT2D eigenvalue weighted by molar-refractivity contribution is 5.43. The normalized spacial score (nSPS) is 11.1. The molecule has 2 heterocycles. The van der Waals surface area contributed by atoms with E-state index in [2.05, 4.69) is 23.8 Å². The molecule has 0 fully saturated rings. The number of hydrogen-bond donors (Lipinski definition) is 0. The van der Waals surface area contributed by atoms with E-state index in [0.29, 0.717) is 17.5 Å². The minimum atomic E-state index is 0.383. The average molecular weight is 206 g/mol. The summed E-state index contributed by atoms with van der Waals surface area (Å²) in [6.45, 7) is 4.26. The van der Waals surface area contributed by atoms with Crippen LogP contribution in [0.15, 0.2) is 27.6 Å². The zero-order chi connectivity index (χ0) is 10.7. The second kappa shape index (κ2) is 4.29. The van der Waals surface area contributed by atoms with Gasteiger partial charge in [0.1, 0.15) is 12.5 Å². The molecular formula is C11H14N2O2. The van der Waals surface area contributed by atoms with Crippen LogP contribution in [-0.2, 0) is 0 Å². The van der Waals surface area contributed by atoms with E-state index >= 15 is 0 Å². The van der Waals surface area contributed by atoms with Gasteiger partial charge in [0.25, 0.3) is 0 Å². The van der Waals surface area contributed by atoms with Gasteiger partial charge in [-0.25, -0.2) is 9.97 Å². The average Bonchev–Trinajstić information content (AvgIpc) is 2.89. The molecule has 0 spiro atoms. The van der Waals surface area contributed by atoms with Crippen LogP contribution in [0.5, 0.6) is 0 Å². The largest absolute Gasteiger partial charge is 0.448 e. The van der Waals surface area contributed by atoms with Crippen molar-refractivity contribution in [3.8, 4) is 11.6 Å². The second-order valence-corrected chi connectivity index (χ2v) is 3.42. The lowest BCUT2D eigenvalue weighted by Gasteiger charge is -2.05. The van der Waals surface area contributed by atoms with Crippen LogP contribution in [0.4, 0.5) is 0 Å². The standard InChI is InChI=1S/C11H14N2O2/c1-3-8(4-2)10-13-9(7-15-10)11-12-5-6-14-11/h5-8H,3-4H2,1-2H3. The fourth-order valence-electron chi connectivity index (χ4n) is 1.56. The van der Waals surface area contributed by atoms with E-state index < -0.39 is 0 Å². The highest BCUT2D eigenvalue weighted by atomic mass is 16.4. The zero-order valence-electron chi connectivity index (χ0n) is 8.93. The van der Waals surface area contributed by atoms with Gasteiger partial charge in [0.2, 0.25) is 5.89 Å². The van der Waals surface area contributed by atoms with Gasteiger partial charge >= 0.3 is 0 Å². The number of hydrogen-bond acceptors (Lipinski definition) is 4. The topological polar surface area (TPSA) is 52.1 Å². The van der Waals surface area contributed by atoms with E-state index in [0.717, 1.165) is 18.7 Å². The van der Waals surface area contributed by atoms with Crippen LogP contribution in [0.25, 0.3) is 11.6 Å². The Labute approximate surface area is 88.3 Å². The van der Waals surface area contributed by atoms with Gasteiger partial charge in [0, 0.05) is 5.92 Å². The summed E-state index contributed by atoms with van der Waals surface area (Å²) >= 11 is 0. The van der Waals surface area contributed by atoms with Gasteiger partial charge < -0.3 is 8.83 Å². The molecule has 0 bridgehead atoms. The first kappa shape index (κ1) is 9.96. The van der Waals surface area contributed by atoms with E-state index in [1.54, 1.807) is 12.5 Å². The molecule has 80 valence electrons. The summed E-state index contributed by atoms with van der Waals surface area (Å²) in [5.74, 6) is 1.66. The number of nitrogens with zero attached hydrogens (tertiary/aromatic N) is 2. The second-order valence-electron chi connectivity index (χ2n) is 3.42. The Balaban J connectivity index is 2.24. The van der Waals surface area contributed by atoms with Crippen molar-refractivity contribution in [3.05, 3.63) is 24.6 Å². The van der Waals surface area contributed by atoms with Crippen LogP contribution in [0.1, 0.15) is 38.5 Å². The van der Waals surface area contributed by atoms with Crippen LogP contribution in [0, 0.1) is 0 Å². The van der Waals surface area contributed by atoms with Crippen molar-refractivity contribution in [1.29, 1.82) is 0 Å². The maximum absolute atomic E-state index is 5.42. The minimum Gasteiger partial charge on any atom is -0.448 e. The summed E-state index contributed by atoms with van der Waals surface area (Å²) < 4.78 is 10.6. The van der Waals surface area contributed by atoms with Gasteiger partial charge in [-0.2, -0.15) is 0 Å². The van der Waals surface area contributed by atoms with Gasteiger partial charge in [-0.3, -0.25) is 0 Å². The Morgan fingerprint density at radius 1 is 1.27 bits per heavy atom. The third kappa shape index (κ3) is 1.93. The number of aromatic nitrogens is 2. The first-order valence-corrected chi connectivity index (χ1v) is 5.20. The predicted molar refractivity (Wildman–Crippen MR) is 55.3 cm³/mol. The van der Waals surface area contributed by atoms with Crippen molar-refractivity contribution >= 4 is 0 Å². The summed E-state index contributed by atoms with van der Waals surface area (Å²) in [6.07, 6.45) is 6.78. The van der Waals surface area contributed by atoms with Crippen molar-refractivity contribution in [2.45, 2.75) is 32.6 Å². The molecule has 2 aromatic rings. The molecule has 0 amide bonds. The molecule has 0 aromatic carbocycles. The van der Waals surface area contributed by atoms with Crippen molar-refractivity contribution in [2.75, 3.05) is 0 Å². The number of rotatable bonds is 4. The first-order valence-electron chi connectivity index (χ1n) is 5.20. The Morgan fingerprint density at radius 2 is 2.07 bits per heavy atom. The van der Waals surface area contributed by atoms with Crippen LogP contribution >= 0.6 is 0 Å². The Bertz CT molecular complexity index is 402. The molecule has 0 N–H and O–H groups in total. The summed E-state index contributed by atoms with van der Waals surface area (Å²) in [5, 5.41) is 0. The molecular weight excluding hydrogens is 192 g/mol. The maximum atomic E-state index is 5.42. The Hall–Kier alpha value is -1.58. The van der Waals surface area contributed by atoms with Gasteiger partial charge in [-0.15, -0.1) is 0 Å². The highest BCUT2D eigenvalue weighted by Crippen LogP contribution is 2.25. The van der Waals surface area contributed by atoms with E-state index in [1.165, 1.54) is 6.26 Å². The Kier molecular flexibility index (Phi) is 2.85. The predicted octanol–water partition coefficient (Wildman–Crippen LogP) is 3.23. The van der Waals surface area contributed by atoms with Crippen molar-refractivity contribution in [3.63, 3.8) is 0 Å².